The number of pyridine rings is 1. The van der Waals surface area contributed by atoms with Gasteiger partial charge in [0.25, 0.3) is 0 Å². The number of hydrogen-bond acceptors (Lipinski definition) is 0. The fourth-order valence-corrected chi connectivity index (χ4v) is 1.98. The Morgan fingerprint density at radius 1 is 0.875 bits per heavy atom. The van der Waals surface area contributed by atoms with Crippen molar-refractivity contribution in [2.75, 3.05) is 0 Å². The van der Waals surface area contributed by atoms with E-state index >= 15 is 0 Å². The Kier molecular flexibility index (Phi) is 6.87. The van der Waals surface area contributed by atoms with E-state index in [4.69, 9.17) is 0 Å². The molecule has 0 unspecified atom stereocenters. The molecule has 0 aromatic carbocycles. The molecule has 1 heteroatoms. The van der Waals surface area contributed by atoms with Crippen LogP contribution in [0.3, 0.4) is 0 Å². The molecule has 0 saturated heterocycles. The van der Waals surface area contributed by atoms with E-state index in [1.165, 1.54) is 50.5 Å². The number of nitrogens with zero attached hydrogens (tertiary/aromatic N) is 1. The minimum Gasteiger partial charge on any atom is -0.205 e. The highest BCUT2D eigenvalue weighted by Gasteiger charge is 1.98. The van der Waals surface area contributed by atoms with E-state index < -0.39 is 0 Å². The Labute approximate surface area is 101 Å². The van der Waals surface area contributed by atoms with Gasteiger partial charge in [0.15, 0.2) is 12.4 Å². The molecule has 0 bridgehead atoms. The number of rotatable bonds is 8. The van der Waals surface area contributed by atoms with Crippen molar-refractivity contribution in [1.82, 2.24) is 0 Å². The van der Waals surface area contributed by atoms with Crippen LogP contribution in [0.1, 0.15) is 57.9 Å². The summed E-state index contributed by atoms with van der Waals surface area (Å²) in [5.41, 5.74) is 1.49. The maximum Gasteiger partial charge on any atom is 0.169 e. The molecule has 1 aromatic rings. The maximum atomic E-state index is 2.27. The molecule has 1 rings (SSSR count). The first kappa shape index (κ1) is 13.2. The first-order valence-corrected chi connectivity index (χ1v) is 6.84. The molecule has 0 aliphatic carbocycles. The van der Waals surface area contributed by atoms with E-state index in [9.17, 15) is 0 Å². The molecule has 0 fully saturated rings. The van der Waals surface area contributed by atoms with Crippen molar-refractivity contribution in [1.29, 1.82) is 0 Å². The largest absolute Gasteiger partial charge is 0.205 e. The third-order valence-electron chi connectivity index (χ3n) is 3.14. The van der Waals surface area contributed by atoms with Gasteiger partial charge in [-0.05, 0) is 25.3 Å². The number of hydrogen-bond donors (Lipinski definition) is 0. The molecule has 0 radical (unpaired) electrons. The fraction of sp³-hybridized carbons (Fsp3) is 0.667. The lowest BCUT2D eigenvalue weighted by atomic mass is 10.1. The molecule has 90 valence electrons. The molecule has 16 heavy (non-hydrogen) atoms. The molecule has 1 heterocycles. The Hall–Kier alpha value is -0.850. The molecule has 0 aliphatic rings. The van der Waals surface area contributed by atoms with E-state index in [0.29, 0.717) is 0 Å². The molecule has 0 aliphatic heterocycles. The van der Waals surface area contributed by atoms with Crippen molar-refractivity contribution in [3.8, 4) is 0 Å². The third-order valence-corrected chi connectivity index (χ3v) is 3.14. The second kappa shape index (κ2) is 8.32. The first-order chi connectivity index (χ1) is 7.86. The molecule has 0 spiro atoms. The number of aromatic nitrogens is 1. The van der Waals surface area contributed by atoms with Crippen LogP contribution in [-0.4, -0.2) is 0 Å². The van der Waals surface area contributed by atoms with Gasteiger partial charge in [-0.25, -0.2) is 4.57 Å². The van der Waals surface area contributed by atoms with E-state index in [1.807, 2.05) is 0 Å². The van der Waals surface area contributed by atoms with Gasteiger partial charge in [-0.3, -0.25) is 0 Å². The van der Waals surface area contributed by atoms with E-state index in [2.05, 4.69) is 42.9 Å². The number of unbranched alkanes of at least 4 members (excludes halogenated alkanes) is 5. The summed E-state index contributed by atoms with van der Waals surface area (Å²) >= 11 is 0. The Morgan fingerprint density at radius 2 is 1.50 bits per heavy atom. The first-order valence-electron chi connectivity index (χ1n) is 6.84. The molecule has 0 atom stereocenters. The van der Waals surface area contributed by atoms with Crippen LogP contribution in [0.5, 0.6) is 0 Å². The summed E-state index contributed by atoms with van der Waals surface area (Å²) in [5, 5.41) is 0. The van der Waals surface area contributed by atoms with Gasteiger partial charge in [0.1, 0.15) is 6.54 Å². The van der Waals surface area contributed by atoms with Crippen molar-refractivity contribution in [3.63, 3.8) is 0 Å². The molecule has 1 nitrogen and oxygen atoms in total. The lowest BCUT2D eigenvalue weighted by Crippen LogP contribution is -2.30. The van der Waals surface area contributed by atoms with Crippen LogP contribution < -0.4 is 4.57 Å². The minimum absolute atomic E-state index is 1.07. The Morgan fingerprint density at radius 3 is 2.12 bits per heavy atom. The number of aryl methyl sites for hydroxylation is 2. The standard InChI is InChI=1S/C15H26N/c1-3-5-6-7-8-9-10-15-11-13-16(4-2)14-12-15/h11-14H,3-10H2,1-2H3/q+1. The average Bonchev–Trinajstić information content (AvgIpc) is 2.34. The van der Waals surface area contributed by atoms with Gasteiger partial charge in [-0.15, -0.1) is 0 Å². The van der Waals surface area contributed by atoms with Crippen molar-refractivity contribution in [2.24, 2.45) is 0 Å². The van der Waals surface area contributed by atoms with Gasteiger partial charge in [-0.1, -0.05) is 39.0 Å². The second-order valence-electron chi connectivity index (χ2n) is 4.55. The summed E-state index contributed by atoms with van der Waals surface area (Å²) in [6.07, 6.45) is 13.9. The molecule has 0 N–H and O–H groups in total. The molecule has 0 saturated carbocycles. The van der Waals surface area contributed by atoms with Crippen LogP contribution in [0.4, 0.5) is 0 Å². The summed E-state index contributed by atoms with van der Waals surface area (Å²) in [4.78, 5) is 0. The van der Waals surface area contributed by atoms with Gasteiger partial charge in [0.05, 0.1) is 0 Å². The van der Waals surface area contributed by atoms with Crippen LogP contribution in [0.25, 0.3) is 0 Å². The van der Waals surface area contributed by atoms with Crippen molar-refractivity contribution < 1.29 is 4.57 Å². The van der Waals surface area contributed by atoms with Gasteiger partial charge in [0, 0.05) is 12.1 Å². The molecule has 1 aromatic heterocycles. The quantitative estimate of drug-likeness (QED) is 0.462. The molecular formula is C15H26N+. The van der Waals surface area contributed by atoms with Gasteiger partial charge in [-0.2, -0.15) is 0 Å². The van der Waals surface area contributed by atoms with Crippen LogP contribution >= 0.6 is 0 Å². The Balaban J connectivity index is 2.12. The fourth-order valence-electron chi connectivity index (χ4n) is 1.98. The zero-order chi connectivity index (χ0) is 11.6. The lowest BCUT2D eigenvalue weighted by molar-refractivity contribution is -0.693. The topological polar surface area (TPSA) is 3.88 Å². The summed E-state index contributed by atoms with van der Waals surface area (Å²) in [6, 6.07) is 4.52. The monoisotopic (exact) mass is 220 g/mol. The lowest BCUT2D eigenvalue weighted by Gasteiger charge is -2.01. The van der Waals surface area contributed by atoms with Crippen LogP contribution in [0.2, 0.25) is 0 Å². The maximum absolute atomic E-state index is 2.27. The van der Waals surface area contributed by atoms with Crippen LogP contribution in [-0.2, 0) is 13.0 Å². The summed E-state index contributed by atoms with van der Waals surface area (Å²) in [5.74, 6) is 0. The highest BCUT2D eigenvalue weighted by molar-refractivity contribution is 5.07. The second-order valence-corrected chi connectivity index (χ2v) is 4.55. The molecule has 0 amide bonds. The smallest absolute Gasteiger partial charge is 0.169 e. The third kappa shape index (κ3) is 5.29. The van der Waals surface area contributed by atoms with E-state index in [-0.39, 0.29) is 0 Å². The zero-order valence-corrected chi connectivity index (χ0v) is 10.9. The Bertz CT molecular complexity index is 263. The predicted octanol–water partition coefficient (Wildman–Crippen LogP) is 3.90. The van der Waals surface area contributed by atoms with Crippen LogP contribution in [0.15, 0.2) is 24.5 Å². The van der Waals surface area contributed by atoms with E-state index in [0.717, 1.165) is 6.54 Å². The summed E-state index contributed by atoms with van der Waals surface area (Å²) < 4.78 is 2.21. The van der Waals surface area contributed by atoms with Crippen LogP contribution in [0, 0.1) is 0 Å². The normalized spacial score (nSPS) is 10.6. The van der Waals surface area contributed by atoms with Gasteiger partial charge in [0.2, 0.25) is 0 Å². The highest BCUT2D eigenvalue weighted by Crippen LogP contribution is 2.08. The van der Waals surface area contributed by atoms with Gasteiger partial charge >= 0.3 is 0 Å². The summed E-state index contributed by atoms with van der Waals surface area (Å²) in [7, 11) is 0. The van der Waals surface area contributed by atoms with Gasteiger partial charge < -0.3 is 0 Å². The zero-order valence-electron chi connectivity index (χ0n) is 10.9. The van der Waals surface area contributed by atoms with E-state index in [1.54, 1.807) is 0 Å². The van der Waals surface area contributed by atoms with Crippen molar-refractivity contribution in [3.05, 3.63) is 30.1 Å². The highest BCUT2D eigenvalue weighted by atomic mass is 14.9. The predicted molar refractivity (Wildman–Crippen MR) is 69.4 cm³/mol. The molecular weight excluding hydrogens is 194 g/mol. The average molecular weight is 220 g/mol. The SMILES string of the molecule is CCCCCCCCc1cc[n+](CC)cc1. The van der Waals surface area contributed by atoms with Crippen molar-refractivity contribution in [2.45, 2.75) is 65.3 Å². The summed E-state index contributed by atoms with van der Waals surface area (Å²) in [6.45, 7) is 5.51. The minimum atomic E-state index is 1.07. The van der Waals surface area contributed by atoms with Crippen molar-refractivity contribution >= 4 is 0 Å².